The number of aliphatic hydroxyl groups is 3. The van der Waals surface area contributed by atoms with Crippen molar-refractivity contribution in [2.24, 2.45) is 0 Å². The van der Waals surface area contributed by atoms with Crippen molar-refractivity contribution in [3.8, 4) is 5.75 Å². The number of ether oxygens (including phenoxy) is 1. The SMILES string of the molecule is OCC[n+]1c2ccccc2cc2ccc(OCC(O)O)cc21.[Cl-]. The van der Waals surface area contributed by atoms with Crippen LogP contribution in [0.5, 0.6) is 5.75 Å². The van der Waals surface area contributed by atoms with Crippen molar-refractivity contribution in [1.29, 1.82) is 0 Å². The fourth-order valence-electron chi connectivity index (χ4n) is 2.63. The van der Waals surface area contributed by atoms with Gasteiger partial charge in [-0.3, -0.25) is 0 Å². The fraction of sp³-hybridized carbons (Fsp3) is 0.235. The maximum atomic E-state index is 9.37. The second-order valence-electron chi connectivity index (χ2n) is 5.09. The molecule has 3 N–H and O–H groups in total. The van der Waals surface area contributed by atoms with Crippen LogP contribution in [-0.4, -0.2) is 34.8 Å². The number of rotatable bonds is 5. The van der Waals surface area contributed by atoms with Crippen molar-refractivity contribution < 1.29 is 37.0 Å². The molecule has 1 aromatic heterocycles. The van der Waals surface area contributed by atoms with E-state index in [2.05, 4.69) is 6.07 Å². The molecule has 0 radical (unpaired) electrons. The minimum Gasteiger partial charge on any atom is -1.00 e. The zero-order valence-corrected chi connectivity index (χ0v) is 13.1. The molecule has 0 aliphatic rings. The molecule has 122 valence electrons. The van der Waals surface area contributed by atoms with E-state index in [4.69, 9.17) is 14.9 Å². The van der Waals surface area contributed by atoms with Crippen LogP contribution in [0, 0.1) is 0 Å². The Morgan fingerprint density at radius 1 is 0.957 bits per heavy atom. The van der Waals surface area contributed by atoms with Crippen LogP contribution >= 0.6 is 0 Å². The van der Waals surface area contributed by atoms with E-state index in [1.54, 1.807) is 6.07 Å². The molecule has 2 aromatic carbocycles. The fourth-order valence-corrected chi connectivity index (χ4v) is 2.63. The third-order valence-corrected chi connectivity index (χ3v) is 3.55. The van der Waals surface area contributed by atoms with Gasteiger partial charge in [-0.05, 0) is 24.3 Å². The summed E-state index contributed by atoms with van der Waals surface area (Å²) in [5.41, 5.74) is 1.96. The molecule has 0 bridgehead atoms. The van der Waals surface area contributed by atoms with Gasteiger partial charge < -0.3 is 32.5 Å². The first kappa shape index (κ1) is 17.4. The highest BCUT2D eigenvalue weighted by Crippen LogP contribution is 2.22. The summed E-state index contributed by atoms with van der Waals surface area (Å²) in [4.78, 5) is 0. The van der Waals surface area contributed by atoms with Crippen LogP contribution in [0.4, 0.5) is 0 Å². The number of pyridine rings is 1. The van der Waals surface area contributed by atoms with Crippen molar-refractivity contribution in [2.45, 2.75) is 12.8 Å². The molecule has 0 fully saturated rings. The first-order valence-electron chi connectivity index (χ1n) is 7.14. The minimum atomic E-state index is -1.50. The Labute approximate surface area is 139 Å². The third-order valence-electron chi connectivity index (χ3n) is 3.55. The van der Waals surface area contributed by atoms with Gasteiger partial charge in [0.1, 0.15) is 19.0 Å². The molecule has 5 nitrogen and oxygen atoms in total. The number of nitrogens with zero attached hydrogens (tertiary/aromatic N) is 1. The van der Waals surface area contributed by atoms with Crippen LogP contribution in [0.15, 0.2) is 48.5 Å². The molecule has 1 heterocycles. The first-order chi connectivity index (χ1) is 10.7. The molecule has 23 heavy (non-hydrogen) atoms. The number of halogens is 1. The molecule has 6 heteroatoms. The van der Waals surface area contributed by atoms with E-state index in [9.17, 15) is 5.11 Å². The van der Waals surface area contributed by atoms with Crippen LogP contribution in [0.3, 0.4) is 0 Å². The molecule has 0 aliphatic heterocycles. The molecule has 0 saturated heterocycles. The van der Waals surface area contributed by atoms with Crippen molar-refractivity contribution in [3.05, 3.63) is 48.5 Å². The zero-order valence-electron chi connectivity index (χ0n) is 12.4. The Bertz CT molecular complexity index is 807. The minimum absolute atomic E-state index is 0. The Balaban J connectivity index is 0.00000192. The van der Waals surface area contributed by atoms with Crippen LogP contribution in [0.1, 0.15) is 0 Å². The lowest BCUT2D eigenvalue weighted by Crippen LogP contribution is -3.00. The highest BCUT2D eigenvalue weighted by Gasteiger charge is 2.15. The number of hydrogen-bond acceptors (Lipinski definition) is 4. The highest BCUT2D eigenvalue weighted by molar-refractivity contribution is 5.89. The topological polar surface area (TPSA) is 73.8 Å². The number of para-hydroxylation sites is 1. The average Bonchev–Trinajstić information content (AvgIpc) is 2.53. The summed E-state index contributed by atoms with van der Waals surface area (Å²) in [6, 6.07) is 15.6. The zero-order chi connectivity index (χ0) is 15.5. The second-order valence-corrected chi connectivity index (χ2v) is 5.09. The summed E-state index contributed by atoms with van der Waals surface area (Å²) in [6.45, 7) is 0.331. The molecule has 3 rings (SSSR count). The molecular weight excluding hydrogens is 318 g/mol. The van der Waals surface area contributed by atoms with Gasteiger partial charge in [-0.25, -0.2) is 0 Å². The first-order valence-corrected chi connectivity index (χ1v) is 7.14. The molecular formula is C17H18ClNO4. The lowest BCUT2D eigenvalue weighted by molar-refractivity contribution is -0.646. The van der Waals surface area contributed by atoms with E-state index in [1.165, 1.54) is 0 Å². The summed E-state index contributed by atoms with van der Waals surface area (Å²) >= 11 is 0. The van der Waals surface area contributed by atoms with E-state index < -0.39 is 6.29 Å². The van der Waals surface area contributed by atoms with Gasteiger partial charge in [-0.15, -0.1) is 0 Å². The molecule has 3 aromatic rings. The molecule has 0 saturated carbocycles. The standard InChI is InChI=1S/C17H18NO4.ClH/c19-8-7-18-15-4-2-1-3-12(15)9-13-5-6-14(10-16(13)18)22-11-17(20)21;/h1-6,9-10,17,19-21H,7-8,11H2;1H/q+1;/p-1. The van der Waals surface area contributed by atoms with Crippen molar-refractivity contribution in [2.75, 3.05) is 13.2 Å². The summed E-state index contributed by atoms with van der Waals surface area (Å²) in [5.74, 6) is 0.558. The van der Waals surface area contributed by atoms with E-state index >= 15 is 0 Å². The maximum absolute atomic E-state index is 9.37. The van der Waals surface area contributed by atoms with E-state index in [1.807, 2.05) is 41.0 Å². The second kappa shape index (κ2) is 7.57. The summed E-state index contributed by atoms with van der Waals surface area (Å²) in [6.07, 6.45) is -1.50. The van der Waals surface area contributed by atoms with E-state index in [0.717, 1.165) is 21.8 Å². The van der Waals surface area contributed by atoms with Crippen molar-refractivity contribution >= 4 is 21.8 Å². The maximum Gasteiger partial charge on any atom is 0.216 e. The van der Waals surface area contributed by atoms with E-state index in [-0.39, 0.29) is 25.6 Å². The normalized spacial score (nSPS) is 11.0. The summed E-state index contributed by atoms with van der Waals surface area (Å²) < 4.78 is 7.38. The smallest absolute Gasteiger partial charge is 0.216 e. The van der Waals surface area contributed by atoms with Gasteiger partial charge >= 0.3 is 0 Å². The largest absolute Gasteiger partial charge is 1.00 e. The number of aromatic nitrogens is 1. The van der Waals surface area contributed by atoms with E-state index in [0.29, 0.717) is 12.3 Å². The molecule has 0 unspecified atom stereocenters. The van der Waals surface area contributed by atoms with Crippen molar-refractivity contribution in [1.82, 2.24) is 0 Å². The van der Waals surface area contributed by atoms with Crippen LogP contribution in [-0.2, 0) is 6.54 Å². The Kier molecular flexibility index (Phi) is 5.74. The van der Waals surface area contributed by atoms with Crippen LogP contribution < -0.4 is 21.7 Å². The predicted molar refractivity (Wildman–Crippen MR) is 82.5 cm³/mol. The monoisotopic (exact) mass is 335 g/mol. The number of aliphatic hydroxyl groups excluding tert-OH is 2. The molecule has 0 aliphatic carbocycles. The van der Waals surface area contributed by atoms with Gasteiger partial charge in [0.15, 0.2) is 12.8 Å². The summed E-state index contributed by atoms with van der Waals surface area (Å²) in [5, 5.41) is 29.3. The van der Waals surface area contributed by atoms with Crippen LogP contribution in [0.25, 0.3) is 21.8 Å². The Hall–Kier alpha value is -1.92. The highest BCUT2D eigenvalue weighted by atomic mass is 35.5. The Morgan fingerprint density at radius 3 is 2.43 bits per heavy atom. The number of benzene rings is 2. The lowest BCUT2D eigenvalue weighted by atomic mass is 10.1. The molecule has 0 amide bonds. The number of fused-ring (bicyclic) bond motifs is 2. The van der Waals surface area contributed by atoms with Crippen LogP contribution in [0.2, 0.25) is 0 Å². The van der Waals surface area contributed by atoms with Gasteiger partial charge in [0.2, 0.25) is 11.0 Å². The molecule has 0 atom stereocenters. The summed E-state index contributed by atoms with van der Waals surface area (Å²) in [7, 11) is 0. The van der Waals surface area contributed by atoms with Gasteiger partial charge in [0.05, 0.1) is 6.07 Å². The Morgan fingerprint density at radius 2 is 1.70 bits per heavy atom. The van der Waals surface area contributed by atoms with Gasteiger partial charge in [0, 0.05) is 16.8 Å². The van der Waals surface area contributed by atoms with Crippen molar-refractivity contribution in [3.63, 3.8) is 0 Å². The van der Waals surface area contributed by atoms with Gasteiger partial charge in [-0.2, -0.15) is 4.57 Å². The lowest BCUT2D eigenvalue weighted by Gasteiger charge is -2.09. The molecule has 0 spiro atoms. The quantitative estimate of drug-likeness (QED) is 0.285. The third kappa shape index (κ3) is 3.71. The average molecular weight is 336 g/mol. The predicted octanol–water partition coefficient (Wildman–Crippen LogP) is -2.03. The van der Waals surface area contributed by atoms with Gasteiger partial charge in [-0.1, -0.05) is 12.1 Å². The van der Waals surface area contributed by atoms with Gasteiger partial charge in [0.25, 0.3) is 0 Å². The number of hydrogen-bond donors (Lipinski definition) is 3.